The Hall–Kier alpha value is -5.29. The molecule has 2 aliphatic rings. The number of carbonyl (C=O) groups excluding carboxylic acids is 2. The molecule has 1 fully saturated rings. The van der Waals surface area contributed by atoms with Crippen molar-refractivity contribution < 1.29 is 14.3 Å². The van der Waals surface area contributed by atoms with E-state index in [1.807, 2.05) is 60.3 Å². The number of ether oxygens (including phenoxy) is 1. The third kappa shape index (κ3) is 4.79. The molecule has 0 saturated carbocycles. The van der Waals surface area contributed by atoms with E-state index in [9.17, 15) is 9.59 Å². The first-order chi connectivity index (χ1) is 20.5. The fourth-order valence-electron chi connectivity index (χ4n) is 5.36. The molecule has 11 nitrogen and oxygen atoms in total. The lowest BCUT2D eigenvalue weighted by Gasteiger charge is -2.26. The number of aromatic nitrogens is 5. The lowest BCUT2D eigenvalue weighted by molar-refractivity contribution is -0.110. The number of H-pyrrole nitrogens is 1. The molecule has 0 aliphatic carbocycles. The molecule has 2 aromatic carbocycles. The van der Waals surface area contributed by atoms with Gasteiger partial charge in [0.1, 0.15) is 23.7 Å². The molecule has 3 aromatic heterocycles. The second kappa shape index (κ2) is 10.6. The molecule has 3 N–H and O–H groups in total. The molecule has 11 heteroatoms. The molecular weight excluding hydrogens is 532 g/mol. The first-order valence-corrected chi connectivity index (χ1v) is 13.7. The number of carbonyl (C=O) groups is 2. The summed E-state index contributed by atoms with van der Waals surface area (Å²) < 4.78 is 7.34. The average Bonchev–Trinajstić information content (AvgIpc) is 3.69. The predicted octanol–water partition coefficient (Wildman–Crippen LogP) is 4.22. The molecule has 1 saturated heterocycles. The smallest absolute Gasteiger partial charge is 0.270 e. The summed E-state index contributed by atoms with van der Waals surface area (Å²) in [4.78, 5) is 39.8. The fraction of sp³-hybridized carbons (Fsp3) is 0.194. The van der Waals surface area contributed by atoms with Crippen LogP contribution in [0, 0.1) is 6.92 Å². The molecule has 0 bridgehead atoms. The van der Waals surface area contributed by atoms with Crippen molar-refractivity contribution >= 4 is 51.7 Å². The Morgan fingerprint density at radius 3 is 2.76 bits per heavy atom. The van der Waals surface area contributed by atoms with E-state index in [0.717, 1.165) is 22.2 Å². The Kier molecular flexibility index (Phi) is 6.48. The van der Waals surface area contributed by atoms with Crippen LogP contribution in [0.3, 0.4) is 0 Å². The Balaban J connectivity index is 1.17. The van der Waals surface area contributed by atoms with Crippen LogP contribution in [0.4, 0.5) is 17.3 Å². The summed E-state index contributed by atoms with van der Waals surface area (Å²) in [6, 6.07) is 18.0. The summed E-state index contributed by atoms with van der Waals surface area (Å²) in [7, 11) is 0. The van der Waals surface area contributed by atoms with Crippen LogP contribution in [0.25, 0.3) is 22.6 Å². The highest BCUT2D eigenvalue weighted by Crippen LogP contribution is 2.37. The minimum atomic E-state index is -0.291. The van der Waals surface area contributed by atoms with E-state index in [1.165, 1.54) is 11.9 Å². The normalized spacial score (nSPS) is 15.7. The summed E-state index contributed by atoms with van der Waals surface area (Å²) in [6.45, 7) is 4.73. The maximum absolute atomic E-state index is 13.1. The highest BCUT2D eigenvalue weighted by Gasteiger charge is 2.30. The Morgan fingerprint density at radius 1 is 1.10 bits per heavy atom. The molecule has 5 aromatic rings. The molecule has 0 unspecified atom stereocenters. The molecule has 42 heavy (non-hydrogen) atoms. The standard InChI is InChI=1S/C31H28N8O3/c1-19-13-25(31(41)38-9-11-42-12-10-38)36-24(19)15-23-27-28(32-18-33-29(27)37-30(23)40)35-22-7-8-26-21(14-22)16-34-39(26)17-20-5-3-2-4-6-20/h2-8,13-16,18,36H,9-12,17H2,1H3,(H2,32,33,35,37,40)/b23-15-. The van der Waals surface area contributed by atoms with Gasteiger partial charge in [-0.05, 0) is 48.4 Å². The van der Waals surface area contributed by atoms with Crippen LogP contribution in [-0.2, 0) is 16.1 Å². The van der Waals surface area contributed by atoms with Gasteiger partial charge in [-0.2, -0.15) is 5.10 Å². The lowest BCUT2D eigenvalue weighted by Crippen LogP contribution is -2.40. The van der Waals surface area contributed by atoms with Gasteiger partial charge in [-0.15, -0.1) is 0 Å². The second-order valence-corrected chi connectivity index (χ2v) is 10.3. The van der Waals surface area contributed by atoms with Crippen molar-refractivity contribution in [1.82, 2.24) is 29.6 Å². The number of hydrogen-bond acceptors (Lipinski definition) is 7. The number of nitrogens with zero attached hydrogens (tertiary/aromatic N) is 5. The number of amides is 2. The second-order valence-electron chi connectivity index (χ2n) is 10.3. The third-order valence-corrected chi connectivity index (χ3v) is 7.55. The van der Waals surface area contributed by atoms with E-state index in [0.29, 0.717) is 67.0 Å². The van der Waals surface area contributed by atoms with Gasteiger partial charge in [0, 0.05) is 29.9 Å². The van der Waals surface area contributed by atoms with Gasteiger partial charge in [-0.3, -0.25) is 14.3 Å². The van der Waals surface area contributed by atoms with E-state index in [4.69, 9.17) is 4.74 Å². The first-order valence-electron chi connectivity index (χ1n) is 13.7. The maximum Gasteiger partial charge on any atom is 0.270 e. The number of aryl methyl sites for hydroxylation is 1. The van der Waals surface area contributed by atoms with Gasteiger partial charge in [0.05, 0.1) is 42.6 Å². The fourth-order valence-corrected chi connectivity index (χ4v) is 5.36. The van der Waals surface area contributed by atoms with Crippen molar-refractivity contribution in [1.29, 1.82) is 0 Å². The molecule has 7 rings (SSSR count). The van der Waals surface area contributed by atoms with Gasteiger partial charge in [0.15, 0.2) is 0 Å². The SMILES string of the molecule is Cc1cc(C(=O)N2CCOCC2)[nH]c1/C=C1\C(=O)Nc2ncnc(Nc3ccc4c(cnn4Cc4ccccc4)c3)c21. The number of nitrogens with one attached hydrogen (secondary N) is 3. The molecule has 2 aliphatic heterocycles. The van der Waals surface area contributed by atoms with Gasteiger partial charge in [0.25, 0.3) is 11.8 Å². The first kappa shape index (κ1) is 25.7. The zero-order valence-corrected chi connectivity index (χ0v) is 22.9. The quantitative estimate of drug-likeness (QED) is 0.265. The van der Waals surface area contributed by atoms with E-state index in [1.54, 1.807) is 11.0 Å². The number of rotatable bonds is 6. The molecule has 5 heterocycles. The summed E-state index contributed by atoms with van der Waals surface area (Å²) in [5.74, 6) is 0.542. The number of anilines is 3. The van der Waals surface area contributed by atoms with Crippen molar-refractivity contribution in [3.8, 4) is 0 Å². The minimum Gasteiger partial charge on any atom is -0.378 e. The van der Waals surface area contributed by atoms with Gasteiger partial charge in [-0.1, -0.05) is 30.3 Å². The van der Waals surface area contributed by atoms with Gasteiger partial charge in [0.2, 0.25) is 0 Å². The van der Waals surface area contributed by atoms with E-state index in [-0.39, 0.29) is 11.8 Å². The van der Waals surface area contributed by atoms with Gasteiger partial charge >= 0.3 is 0 Å². The summed E-state index contributed by atoms with van der Waals surface area (Å²) >= 11 is 0. The highest BCUT2D eigenvalue weighted by molar-refractivity contribution is 6.35. The molecule has 0 spiro atoms. The van der Waals surface area contributed by atoms with Crippen LogP contribution in [0.5, 0.6) is 0 Å². The lowest BCUT2D eigenvalue weighted by atomic mass is 10.1. The summed E-state index contributed by atoms with van der Waals surface area (Å²) in [6.07, 6.45) is 5.01. The molecular formula is C31H28N8O3. The van der Waals surface area contributed by atoms with E-state index in [2.05, 4.69) is 42.8 Å². The van der Waals surface area contributed by atoms with Crippen molar-refractivity contribution in [2.75, 3.05) is 36.9 Å². The van der Waals surface area contributed by atoms with Crippen molar-refractivity contribution in [3.05, 3.63) is 95.2 Å². The van der Waals surface area contributed by atoms with Crippen LogP contribution in [0.15, 0.2) is 67.1 Å². The van der Waals surface area contributed by atoms with Gasteiger partial charge < -0.3 is 25.3 Å². The van der Waals surface area contributed by atoms with E-state index >= 15 is 0 Å². The Bertz CT molecular complexity index is 1850. The molecule has 2 amide bonds. The predicted molar refractivity (Wildman–Crippen MR) is 159 cm³/mol. The maximum atomic E-state index is 13.1. The number of aromatic amines is 1. The van der Waals surface area contributed by atoms with Crippen LogP contribution in [0.1, 0.15) is 32.9 Å². The number of hydrogen-bond donors (Lipinski definition) is 3. The van der Waals surface area contributed by atoms with Crippen molar-refractivity contribution in [2.45, 2.75) is 13.5 Å². The molecule has 210 valence electrons. The van der Waals surface area contributed by atoms with Gasteiger partial charge in [-0.25, -0.2) is 9.97 Å². The number of fused-ring (bicyclic) bond motifs is 2. The number of benzene rings is 2. The monoisotopic (exact) mass is 560 g/mol. The van der Waals surface area contributed by atoms with Crippen molar-refractivity contribution in [2.24, 2.45) is 0 Å². The zero-order valence-electron chi connectivity index (χ0n) is 22.9. The van der Waals surface area contributed by atoms with Crippen LogP contribution in [-0.4, -0.2) is 67.7 Å². The molecule has 0 atom stereocenters. The van der Waals surface area contributed by atoms with Crippen LogP contribution in [0.2, 0.25) is 0 Å². The number of morpholine rings is 1. The topological polar surface area (TPSA) is 130 Å². The van der Waals surface area contributed by atoms with Crippen molar-refractivity contribution in [3.63, 3.8) is 0 Å². The average molecular weight is 561 g/mol. The minimum absolute atomic E-state index is 0.0875. The van der Waals surface area contributed by atoms with Crippen LogP contribution >= 0.6 is 0 Å². The molecule has 0 radical (unpaired) electrons. The zero-order chi connectivity index (χ0) is 28.6. The van der Waals surface area contributed by atoms with E-state index < -0.39 is 0 Å². The third-order valence-electron chi connectivity index (χ3n) is 7.55. The Morgan fingerprint density at radius 2 is 1.93 bits per heavy atom. The summed E-state index contributed by atoms with van der Waals surface area (Å²) in [5, 5.41) is 11.8. The Labute approximate surface area is 241 Å². The largest absolute Gasteiger partial charge is 0.378 e. The highest BCUT2D eigenvalue weighted by atomic mass is 16.5. The summed E-state index contributed by atoms with van der Waals surface area (Å²) in [5.41, 5.74) is 5.96. The van der Waals surface area contributed by atoms with Crippen LogP contribution < -0.4 is 10.6 Å².